The molecule has 4 heteroatoms. The molecule has 0 aliphatic rings. The van der Waals surface area contributed by atoms with Crippen LogP contribution in [0.2, 0.25) is 0 Å². The first-order valence-electron chi connectivity index (χ1n) is 6.15. The van der Waals surface area contributed by atoms with Crippen LogP contribution in [-0.4, -0.2) is 23.6 Å². The lowest BCUT2D eigenvalue weighted by atomic mass is 10.1. The molecule has 4 nitrogen and oxygen atoms in total. The van der Waals surface area contributed by atoms with E-state index in [0.29, 0.717) is 0 Å². The van der Waals surface area contributed by atoms with E-state index < -0.39 is 0 Å². The molecule has 0 atom stereocenters. The smallest absolute Gasteiger partial charge is 0.128 e. The van der Waals surface area contributed by atoms with Crippen LogP contribution < -0.4 is 10.5 Å². The highest BCUT2D eigenvalue weighted by molar-refractivity contribution is 5.66. The summed E-state index contributed by atoms with van der Waals surface area (Å²) in [6.07, 6.45) is 5.89. The monoisotopic (exact) mass is 247 g/mol. The van der Waals surface area contributed by atoms with Gasteiger partial charge in [0.15, 0.2) is 0 Å². The maximum Gasteiger partial charge on any atom is 0.128 e. The first kappa shape index (κ1) is 14.3. The first-order valence-corrected chi connectivity index (χ1v) is 6.15. The van der Waals surface area contributed by atoms with Crippen molar-refractivity contribution in [1.29, 1.82) is 0 Å². The molecular weight excluding hydrogens is 226 g/mol. The van der Waals surface area contributed by atoms with Gasteiger partial charge >= 0.3 is 0 Å². The summed E-state index contributed by atoms with van der Waals surface area (Å²) in [5, 5.41) is 0. The number of para-hydroxylation sites is 1. The average Bonchev–Trinajstić information content (AvgIpc) is 2.94. The number of nitrogens with one attached hydrogen (secondary N) is 1. The van der Waals surface area contributed by atoms with Crippen molar-refractivity contribution >= 4 is 0 Å². The van der Waals surface area contributed by atoms with Crippen molar-refractivity contribution in [3.8, 4) is 17.0 Å². The van der Waals surface area contributed by atoms with Gasteiger partial charge in [0.05, 0.1) is 19.1 Å². The topological polar surface area (TPSA) is 63.9 Å². The number of benzene rings is 1. The Kier molecular flexibility index (Phi) is 6.58. The summed E-state index contributed by atoms with van der Waals surface area (Å²) in [5.74, 6) is 0.842. The van der Waals surface area contributed by atoms with Crippen LogP contribution in [-0.2, 0) is 0 Å². The Morgan fingerprint density at radius 1 is 1.33 bits per heavy atom. The van der Waals surface area contributed by atoms with Gasteiger partial charge in [0.25, 0.3) is 0 Å². The van der Waals surface area contributed by atoms with E-state index in [1.165, 1.54) is 12.8 Å². The van der Waals surface area contributed by atoms with Crippen molar-refractivity contribution in [3.05, 3.63) is 36.8 Å². The summed E-state index contributed by atoms with van der Waals surface area (Å²) in [6.45, 7) is 2.98. The molecule has 0 amide bonds. The fraction of sp³-hybridized carbons (Fsp3) is 0.357. The van der Waals surface area contributed by atoms with Gasteiger partial charge in [-0.2, -0.15) is 0 Å². The predicted molar refractivity (Wildman–Crippen MR) is 74.5 cm³/mol. The van der Waals surface area contributed by atoms with Crippen LogP contribution >= 0.6 is 0 Å². The van der Waals surface area contributed by atoms with Crippen LogP contribution in [0, 0.1) is 0 Å². The fourth-order valence-electron chi connectivity index (χ4n) is 1.47. The molecule has 0 spiro atoms. The molecular formula is C14H21N3O. The number of hydrogen-bond acceptors (Lipinski definition) is 3. The molecule has 0 bridgehead atoms. The van der Waals surface area contributed by atoms with Gasteiger partial charge in [-0.3, -0.25) is 0 Å². The van der Waals surface area contributed by atoms with Gasteiger partial charge in [0, 0.05) is 11.8 Å². The number of unbranched alkanes of at least 4 members (excludes halogenated alkanes) is 1. The molecule has 1 aromatic heterocycles. The number of nitrogens with zero attached hydrogens (tertiary/aromatic N) is 1. The zero-order chi connectivity index (χ0) is 13.2. The normalized spacial score (nSPS) is 9.50. The molecule has 18 heavy (non-hydrogen) atoms. The van der Waals surface area contributed by atoms with E-state index in [0.717, 1.165) is 23.6 Å². The average molecular weight is 247 g/mol. The van der Waals surface area contributed by atoms with Crippen molar-refractivity contribution in [2.45, 2.75) is 19.8 Å². The lowest BCUT2D eigenvalue weighted by molar-refractivity contribution is 0.416. The molecule has 0 saturated heterocycles. The van der Waals surface area contributed by atoms with Crippen molar-refractivity contribution in [1.82, 2.24) is 9.97 Å². The minimum atomic E-state index is 0.842. The summed E-state index contributed by atoms with van der Waals surface area (Å²) in [5.41, 5.74) is 7.05. The van der Waals surface area contributed by atoms with Crippen molar-refractivity contribution in [3.63, 3.8) is 0 Å². The Hall–Kier alpha value is -1.81. The Morgan fingerprint density at radius 2 is 2.11 bits per heavy atom. The third-order valence-electron chi connectivity index (χ3n) is 2.44. The van der Waals surface area contributed by atoms with E-state index >= 15 is 0 Å². The largest absolute Gasteiger partial charge is 0.496 e. The van der Waals surface area contributed by atoms with Crippen molar-refractivity contribution in [2.75, 3.05) is 13.7 Å². The number of rotatable bonds is 4. The molecule has 0 saturated carbocycles. The number of nitrogens with two attached hydrogens (primary N) is 1. The number of ether oxygens (including phenoxy) is 1. The van der Waals surface area contributed by atoms with Crippen LogP contribution in [0.5, 0.6) is 5.75 Å². The minimum absolute atomic E-state index is 0.842. The van der Waals surface area contributed by atoms with E-state index in [4.69, 9.17) is 10.5 Å². The summed E-state index contributed by atoms with van der Waals surface area (Å²) < 4.78 is 5.22. The number of hydrogen-bond donors (Lipinski definition) is 2. The summed E-state index contributed by atoms with van der Waals surface area (Å²) >= 11 is 0. The van der Waals surface area contributed by atoms with Gasteiger partial charge in [-0.15, -0.1) is 0 Å². The summed E-state index contributed by atoms with van der Waals surface area (Å²) in [6, 6.07) is 7.81. The van der Waals surface area contributed by atoms with Crippen molar-refractivity contribution in [2.24, 2.45) is 5.73 Å². The lowest BCUT2D eigenvalue weighted by Gasteiger charge is -2.04. The van der Waals surface area contributed by atoms with E-state index in [1.54, 1.807) is 13.4 Å². The number of methoxy groups -OCH3 is 1. The highest BCUT2D eigenvalue weighted by Crippen LogP contribution is 2.26. The molecule has 0 aliphatic heterocycles. The number of imidazole rings is 1. The van der Waals surface area contributed by atoms with Crippen LogP contribution in [0.4, 0.5) is 0 Å². The highest BCUT2D eigenvalue weighted by atomic mass is 16.5. The second-order valence-electron chi connectivity index (χ2n) is 3.80. The number of aromatic amines is 1. The Bertz CT molecular complexity index is 424. The SMILES string of the molecule is CCCCN.COc1ccccc1-c1c[nH]cn1. The summed E-state index contributed by atoms with van der Waals surface area (Å²) in [7, 11) is 1.66. The molecule has 0 unspecified atom stereocenters. The predicted octanol–water partition coefficient (Wildman–Crippen LogP) is 2.83. The van der Waals surface area contributed by atoms with Crippen LogP contribution in [0.15, 0.2) is 36.8 Å². The fourth-order valence-corrected chi connectivity index (χ4v) is 1.47. The summed E-state index contributed by atoms with van der Waals surface area (Å²) in [4.78, 5) is 7.07. The van der Waals surface area contributed by atoms with Gasteiger partial charge in [-0.25, -0.2) is 4.98 Å². The molecule has 0 fully saturated rings. The molecule has 98 valence electrons. The minimum Gasteiger partial charge on any atom is -0.496 e. The number of H-pyrrole nitrogens is 1. The van der Waals surface area contributed by atoms with Gasteiger partial charge in [-0.05, 0) is 25.1 Å². The van der Waals surface area contributed by atoms with Gasteiger partial charge in [0.1, 0.15) is 5.75 Å². The van der Waals surface area contributed by atoms with Gasteiger partial charge in [-0.1, -0.05) is 25.5 Å². The Labute approximate surface area is 108 Å². The van der Waals surface area contributed by atoms with Gasteiger partial charge < -0.3 is 15.5 Å². The van der Waals surface area contributed by atoms with E-state index in [2.05, 4.69) is 16.9 Å². The van der Waals surface area contributed by atoms with E-state index in [9.17, 15) is 0 Å². The molecule has 2 aromatic rings. The second-order valence-corrected chi connectivity index (χ2v) is 3.80. The second kappa shape index (κ2) is 8.31. The Morgan fingerprint density at radius 3 is 2.61 bits per heavy atom. The van der Waals surface area contributed by atoms with Crippen LogP contribution in [0.1, 0.15) is 19.8 Å². The molecule has 1 aromatic carbocycles. The standard InChI is InChI=1S/C10H10N2O.C4H11N/c1-13-10-5-3-2-4-8(10)9-6-11-7-12-9;1-2-3-4-5/h2-7H,1H3,(H,11,12);2-5H2,1H3. The van der Waals surface area contributed by atoms with Gasteiger partial charge in [0.2, 0.25) is 0 Å². The Balaban J connectivity index is 0.000000280. The molecule has 3 N–H and O–H groups in total. The molecule has 1 heterocycles. The highest BCUT2D eigenvalue weighted by Gasteiger charge is 2.04. The lowest BCUT2D eigenvalue weighted by Crippen LogP contribution is -1.95. The number of aromatic nitrogens is 2. The maximum atomic E-state index is 5.22. The van der Waals surface area contributed by atoms with E-state index in [1.807, 2.05) is 30.5 Å². The molecule has 0 radical (unpaired) electrons. The maximum absolute atomic E-state index is 5.22. The third kappa shape index (κ3) is 4.22. The zero-order valence-corrected chi connectivity index (χ0v) is 11.0. The third-order valence-corrected chi connectivity index (χ3v) is 2.44. The first-order chi connectivity index (χ1) is 8.83. The van der Waals surface area contributed by atoms with Crippen LogP contribution in [0.3, 0.4) is 0 Å². The molecule has 0 aliphatic carbocycles. The molecule has 2 rings (SSSR count). The zero-order valence-electron chi connectivity index (χ0n) is 11.0. The van der Waals surface area contributed by atoms with Crippen LogP contribution in [0.25, 0.3) is 11.3 Å². The van der Waals surface area contributed by atoms with E-state index in [-0.39, 0.29) is 0 Å². The van der Waals surface area contributed by atoms with Crippen molar-refractivity contribution < 1.29 is 4.74 Å². The quantitative estimate of drug-likeness (QED) is 0.873.